The Labute approximate surface area is 170 Å². The third-order valence-corrected chi connectivity index (χ3v) is 6.81. The highest BCUT2D eigenvalue weighted by molar-refractivity contribution is 5.85. The first-order valence-corrected chi connectivity index (χ1v) is 10.3. The zero-order valence-electron chi connectivity index (χ0n) is 17.2. The van der Waals surface area contributed by atoms with Crippen molar-refractivity contribution in [3.05, 3.63) is 42.4 Å². The lowest BCUT2D eigenvalue weighted by Gasteiger charge is -2.47. The number of carbonyl (C=O) groups is 2. The van der Waals surface area contributed by atoms with E-state index in [1.165, 1.54) is 0 Å². The van der Waals surface area contributed by atoms with Crippen LogP contribution in [-0.2, 0) is 15.1 Å². The second kappa shape index (κ2) is 6.34. The SMILES string of the molecule is C[C@@H]1C[C@H]1C(=O)N1CC[C@]2(C1)c1cccn1-c1ncccc1N2CC(=O)N(C)C. The standard InChI is InChI=1S/C22H27N5O2/c1-15-12-16(15)21(29)25-11-8-22(14-25)18-7-5-10-26(18)20-17(6-4-9-23-20)27(22)13-19(28)24(2)3/h4-7,9-10,15-16H,8,11-14H2,1-3H3/t15-,16-,22+/m1/s1. The maximum absolute atomic E-state index is 13.0. The van der Waals surface area contributed by atoms with E-state index in [4.69, 9.17) is 0 Å². The molecule has 7 heteroatoms. The van der Waals surface area contributed by atoms with Crippen LogP contribution in [0.1, 0.15) is 25.5 Å². The molecular weight excluding hydrogens is 366 g/mol. The van der Waals surface area contributed by atoms with Crippen molar-refractivity contribution in [2.45, 2.75) is 25.3 Å². The van der Waals surface area contributed by atoms with E-state index in [9.17, 15) is 9.59 Å². The minimum atomic E-state index is -0.418. The average molecular weight is 393 g/mol. The van der Waals surface area contributed by atoms with Crippen molar-refractivity contribution >= 4 is 17.5 Å². The van der Waals surface area contributed by atoms with E-state index in [1.54, 1.807) is 25.2 Å². The van der Waals surface area contributed by atoms with E-state index in [2.05, 4.69) is 27.4 Å². The molecule has 1 spiro atoms. The lowest BCUT2D eigenvalue weighted by Crippen LogP contribution is -2.55. The van der Waals surface area contributed by atoms with Crippen LogP contribution in [0.4, 0.5) is 5.69 Å². The van der Waals surface area contributed by atoms with E-state index >= 15 is 0 Å². The third kappa shape index (κ3) is 2.67. The summed E-state index contributed by atoms with van der Waals surface area (Å²) in [6.07, 6.45) is 5.61. The molecule has 29 heavy (non-hydrogen) atoms. The summed E-state index contributed by atoms with van der Waals surface area (Å²) in [5, 5.41) is 0. The van der Waals surface area contributed by atoms with Gasteiger partial charge in [-0.3, -0.25) is 9.59 Å². The number of rotatable bonds is 3. The van der Waals surface area contributed by atoms with E-state index in [0.29, 0.717) is 12.5 Å². The number of likely N-dealkylation sites (N-methyl/N-ethyl adjacent to an activating group) is 1. The van der Waals surface area contributed by atoms with Gasteiger partial charge in [0.05, 0.1) is 17.9 Å². The minimum absolute atomic E-state index is 0.0415. The lowest BCUT2D eigenvalue weighted by atomic mass is 9.88. The molecule has 2 aliphatic heterocycles. The number of hydrogen-bond acceptors (Lipinski definition) is 4. The maximum Gasteiger partial charge on any atom is 0.241 e. The summed E-state index contributed by atoms with van der Waals surface area (Å²) in [4.78, 5) is 36.2. The normalized spacial score (nSPS) is 27.0. The van der Waals surface area contributed by atoms with Gasteiger partial charge in [-0.15, -0.1) is 0 Å². The fourth-order valence-electron chi connectivity index (χ4n) is 4.92. The summed E-state index contributed by atoms with van der Waals surface area (Å²) >= 11 is 0. The van der Waals surface area contributed by atoms with Crippen LogP contribution in [0.2, 0.25) is 0 Å². The molecule has 5 rings (SSSR count). The quantitative estimate of drug-likeness (QED) is 0.799. The highest BCUT2D eigenvalue weighted by atomic mass is 16.2. The number of fused-ring (bicyclic) bond motifs is 4. The topological polar surface area (TPSA) is 61.7 Å². The van der Waals surface area contributed by atoms with Gasteiger partial charge in [0, 0.05) is 45.5 Å². The molecule has 3 atom stereocenters. The van der Waals surface area contributed by atoms with Crippen molar-refractivity contribution in [1.82, 2.24) is 19.4 Å². The zero-order chi connectivity index (χ0) is 20.3. The number of nitrogens with zero attached hydrogens (tertiary/aromatic N) is 5. The van der Waals surface area contributed by atoms with Gasteiger partial charge >= 0.3 is 0 Å². The second-order valence-corrected chi connectivity index (χ2v) is 8.84. The van der Waals surface area contributed by atoms with Crippen LogP contribution in [0.3, 0.4) is 0 Å². The van der Waals surface area contributed by atoms with Crippen molar-refractivity contribution in [2.75, 3.05) is 38.6 Å². The highest BCUT2D eigenvalue weighted by Crippen LogP contribution is 2.48. The molecule has 0 unspecified atom stereocenters. The number of carbonyl (C=O) groups excluding carboxylic acids is 2. The highest BCUT2D eigenvalue weighted by Gasteiger charge is 2.53. The summed E-state index contributed by atoms with van der Waals surface area (Å²) in [6, 6.07) is 8.08. The van der Waals surface area contributed by atoms with Gasteiger partial charge in [0.2, 0.25) is 11.8 Å². The van der Waals surface area contributed by atoms with Crippen molar-refractivity contribution < 1.29 is 9.59 Å². The van der Waals surface area contributed by atoms with E-state index in [1.807, 2.05) is 29.3 Å². The fourth-order valence-corrected chi connectivity index (χ4v) is 4.92. The van der Waals surface area contributed by atoms with Gasteiger partial charge in [-0.1, -0.05) is 6.92 Å². The predicted molar refractivity (Wildman–Crippen MR) is 110 cm³/mol. The molecule has 1 aliphatic carbocycles. The lowest BCUT2D eigenvalue weighted by molar-refractivity contribution is -0.132. The molecule has 0 bridgehead atoms. The van der Waals surface area contributed by atoms with Crippen LogP contribution in [0.5, 0.6) is 0 Å². The molecule has 152 valence electrons. The van der Waals surface area contributed by atoms with Gasteiger partial charge in [-0.05, 0) is 43.0 Å². The number of likely N-dealkylation sites (tertiary alicyclic amines) is 1. The molecule has 0 aromatic carbocycles. The van der Waals surface area contributed by atoms with Crippen LogP contribution in [0.15, 0.2) is 36.7 Å². The number of aromatic nitrogens is 2. The average Bonchev–Trinajstić information content (AvgIpc) is 3.12. The van der Waals surface area contributed by atoms with Crippen LogP contribution < -0.4 is 4.90 Å². The van der Waals surface area contributed by atoms with Gasteiger partial charge in [-0.2, -0.15) is 0 Å². The summed E-state index contributed by atoms with van der Waals surface area (Å²) in [5.41, 5.74) is 1.63. The van der Waals surface area contributed by atoms with Gasteiger partial charge in [0.1, 0.15) is 5.54 Å². The molecule has 2 aromatic heterocycles. The van der Waals surface area contributed by atoms with Crippen LogP contribution in [0.25, 0.3) is 5.82 Å². The molecule has 2 fully saturated rings. The molecule has 4 heterocycles. The maximum atomic E-state index is 13.0. The van der Waals surface area contributed by atoms with Crippen LogP contribution in [-0.4, -0.2) is 64.9 Å². The number of amides is 2. The molecular formula is C22H27N5O2. The van der Waals surface area contributed by atoms with Gasteiger partial charge in [0.25, 0.3) is 0 Å². The number of pyridine rings is 1. The largest absolute Gasteiger partial charge is 0.347 e. The Morgan fingerprint density at radius 2 is 2.07 bits per heavy atom. The van der Waals surface area contributed by atoms with Crippen LogP contribution in [0, 0.1) is 11.8 Å². The van der Waals surface area contributed by atoms with E-state index in [0.717, 1.165) is 36.6 Å². The van der Waals surface area contributed by atoms with Gasteiger partial charge < -0.3 is 19.3 Å². The summed E-state index contributed by atoms with van der Waals surface area (Å²) in [5.74, 6) is 1.81. The summed E-state index contributed by atoms with van der Waals surface area (Å²) < 4.78 is 2.12. The molecule has 0 N–H and O–H groups in total. The smallest absolute Gasteiger partial charge is 0.241 e. The minimum Gasteiger partial charge on any atom is -0.347 e. The predicted octanol–water partition coefficient (Wildman–Crippen LogP) is 1.86. The van der Waals surface area contributed by atoms with Crippen molar-refractivity contribution in [2.24, 2.45) is 11.8 Å². The molecule has 2 amide bonds. The Morgan fingerprint density at radius 3 is 2.79 bits per heavy atom. The van der Waals surface area contributed by atoms with Crippen molar-refractivity contribution in [3.8, 4) is 5.82 Å². The van der Waals surface area contributed by atoms with E-state index in [-0.39, 0.29) is 24.3 Å². The molecule has 2 aromatic rings. The summed E-state index contributed by atoms with van der Waals surface area (Å²) in [7, 11) is 3.57. The molecule has 3 aliphatic rings. The zero-order valence-corrected chi connectivity index (χ0v) is 17.2. The number of anilines is 1. The number of hydrogen-bond donors (Lipinski definition) is 0. The molecule has 1 saturated heterocycles. The Bertz CT molecular complexity index is 983. The first-order chi connectivity index (χ1) is 13.9. The first-order valence-electron chi connectivity index (χ1n) is 10.3. The third-order valence-electron chi connectivity index (χ3n) is 6.81. The Hall–Kier alpha value is -2.83. The molecule has 1 saturated carbocycles. The Kier molecular flexibility index (Phi) is 3.98. The van der Waals surface area contributed by atoms with Crippen LogP contribution >= 0.6 is 0 Å². The molecule has 0 radical (unpaired) electrons. The van der Waals surface area contributed by atoms with Gasteiger partial charge in [0.15, 0.2) is 5.82 Å². The molecule has 7 nitrogen and oxygen atoms in total. The Balaban J connectivity index is 1.59. The van der Waals surface area contributed by atoms with Gasteiger partial charge in [-0.25, -0.2) is 4.98 Å². The first kappa shape index (κ1) is 18.2. The fraction of sp³-hybridized carbons (Fsp3) is 0.500. The van der Waals surface area contributed by atoms with Crippen molar-refractivity contribution in [1.29, 1.82) is 0 Å². The van der Waals surface area contributed by atoms with E-state index < -0.39 is 5.54 Å². The monoisotopic (exact) mass is 393 g/mol. The second-order valence-electron chi connectivity index (χ2n) is 8.84. The van der Waals surface area contributed by atoms with Crippen molar-refractivity contribution in [3.63, 3.8) is 0 Å². The Morgan fingerprint density at radius 1 is 1.28 bits per heavy atom. The summed E-state index contributed by atoms with van der Waals surface area (Å²) in [6.45, 7) is 3.73.